The molecule has 14 heavy (non-hydrogen) atoms. The summed E-state index contributed by atoms with van der Waals surface area (Å²) in [6.45, 7) is 5.99. The van der Waals surface area contributed by atoms with Gasteiger partial charge in [0.15, 0.2) is 6.29 Å². The van der Waals surface area contributed by atoms with Crippen LogP contribution in [0, 0.1) is 6.92 Å². The van der Waals surface area contributed by atoms with E-state index in [1.165, 1.54) is 0 Å². The van der Waals surface area contributed by atoms with E-state index in [9.17, 15) is 0 Å². The van der Waals surface area contributed by atoms with Gasteiger partial charge in [0.2, 0.25) is 0 Å². The maximum atomic E-state index is 5.55. The van der Waals surface area contributed by atoms with Crippen LogP contribution in [-0.4, -0.2) is 19.8 Å². The summed E-state index contributed by atoms with van der Waals surface area (Å²) in [6, 6.07) is 7.54. The fraction of sp³-hybridized carbons (Fsp3) is 0.364. The van der Waals surface area contributed by atoms with Gasteiger partial charge in [-0.1, -0.05) is 12.1 Å². The van der Waals surface area contributed by atoms with Crippen LogP contribution < -0.4 is 4.74 Å². The van der Waals surface area contributed by atoms with Gasteiger partial charge in [0.25, 0.3) is 0 Å². The molecule has 1 heterocycles. The van der Waals surface area contributed by atoms with Gasteiger partial charge in [-0.3, -0.25) is 0 Å². The Morgan fingerprint density at radius 1 is 1.36 bits per heavy atom. The van der Waals surface area contributed by atoms with Crippen molar-refractivity contribution in [3.63, 3.8) is 0 Å². The summed E-state index contributed by atoms with van der Waals surface area (Å²) >= 11 is 0. The van der Waals surface area contributed by atoms with Crippen LogP contribution in [0.2, 0.25) is 0 Å². The van der Waals surface area contributed by atoms with Gasteiger partial charge in [0, 0.05) is 5.56 Å². The Bertz CT molecular complexity index is 294. The summed E-state index contributed by atoms with van der Waals surface area (Å²) in [7, 11) is 1.63. The lowest BCUT2D eigenvalue weighted by Crippen LogP contribution is -2.03. The van der Waals surface area contributed by atoms with Crippen LogP contribution in [0.5, 0.6) is 5.75 Å². The highest BCUT2D eigenvalue weighted by molar-refractivity contribution is 5.28. The Labute approximate surface area is 83.6 Å². The van der Waals surface area contributed by atoms with Gasteiger partial charge in [0.1, 0.15) is 5.75 Å². The topological polar surface area (TPSA) is 27.7 Å². The summed E-state index contributed by atoms with van der Waals surface area (Å²) in [5.41, 5.74) is 0.957. The Hall–Kier alpha value is -1.06. The lowest BCUT2D eigenvalue weighted by Gasteiger charge is -2.10. The molecule has 1 fully saturated rings. The number of rotatable bonds is 2. The highest BCUT2D eigenvalue weighted by Gasteiger charge is 2.23. The van der Waals surface area contributed by atoms with Crippen LogP contribution in [0.3, 0.4) is 0 Å². The number of benzene rings is 1. The molecule has 0 spiro atoms. The van der Waals surface area contributed by atoms with Crippen LogP contribution in [0.1, 0.15) is 11.9 Å². The normalized spacial score (nSPS) is 26.4. The molecule has 1 aromatic carbocycles. The van der Waals surface area contributed by atoms with Crippen molar-refractivity contribution in [3.8, 4) is 5.75 Å². The second-order valence-electron chi connectivity index (χ2n) is 3.11. The standard InChI is InChI=1S/C11H12O3/c1-8-7-13-11(14-8)9-3-5-10(12-2)6-4-9/h1,3-6,8,11H,7H2,2H3. The lowest BCUT2D eigenvalue weighted by molar-refractivity contribution is -0.0537. The molecule has 74 valence electrons. The fourth-order valence-corrected chi connectivity index (χ4v) is 1.36. The largest absolute Gasteiger partial charge is 0.497 e. The minimum atomic E-state index is -0.337. The first-order chi connectivity index (χ1) is 6.79. The summed E-state index contributed by atoms with van der Waals surface area (Å²) in [5, 5.41) is 0. The Morgan fingerprint density at radius 2 is 2.07 bits per heavy atom. The molecule has 0 aromatic heterocycles. The second-order valence-corrected chi connectivity index (χ2v) is 3.11. The number of methoxy groups -OCH3 is 1. The van der Waals surface area contributed by atoms with Gasteiger partial charge in [-0.05, 0) is 19.1 Å². The van der Waals surface area contributed by atoms with E-state index in [1.807, 2.05) is 24.3 Å². The van der Waals surface area contributed by atoms with Gasteiger partial charge in [-0.25, -0.2) is 0 Å². The van der Waals surface area contributed by atoms with Crippen LogP contribution >= 0.6 is 0 Å². The molecule has 1 aromatic rings. The fourth-order valence-electron chi connectivity index (χ4n) is 1.36. The molecule has 2 radical (unpaired) electrons. The molecule has 0 aliphatic carbocycles. The van der Waals surface area contributed by atoms with Crippen LogP contribution in [0.15, 0.2) is 24.3 Å². The first-order valence-corrected chi connectivity index (χ1v) is 4.46. The van der Waals surface area contributed by atoms with E-state index in [0.717, 1.165) is 11.3 Å². The minimum Gasteiger partial charge on any atom is -0.497 e. The molecule has 0 saturated carbocycles. The predicted molar refractivity (Wildman–Crippen MR) is 50.9 cm³/mol. The summed E-state index contributed by atoms with van der Waals surface area (Å²) < 4.78 is 15.7. The van der Waals surface area contributed by atoms with Crippen molar-refractivity contribution < 1.29 is 14.2 Å². The van der Waals surface area contributed by atoms with E-state index in [0.29, 0.717) is 6.61 Å². The van der Waals surface area contributed by atoms with Crippen molar-refractivity contribution in [2.45, 2.75) is 12.4 Å². The second kappa shape index (κ2) is 3.98. The zero-order valence-corrected chi connectivity index (χ0v) is 7.97. The maximum absolute atomic E-state index is 5.55. The molecule has 2 unspecified atom stereocenters. The van der Waals surface area contributed by atoms with Crippen molar-refractivity contribution in [1.82, 2.24) is 0 Å². The number of hydrogen-bond acceptors (Lipinski definition) is 3. The molecule has 1 aliphatic rings. The molecule has 2 rings (SSSR count). The average Bonchev–Trinajstić information content (AvgIpc) is 2.65. The van der Waals surface area contributed by atoms with E-state index in [-0.39, 0.29) is 12.4 Å². The van der Waals surface area contributed by atoms with Gasteiger partial charge in [-0.15, -0.1) is 0 Å². The molecule has 3 heteroatoms. The first kappa shape index (κ1) is 9.49. The number of ether oxygens (including phenoxy) is 3. The molecule has 0 amide bonds. The molecule has 3 nitrogen and oxygen atoms in total. The summed E-state index contributed by atoms with van der Waals surface area (Å²) in [5.74, 6) is 0.816. The molecular formula is C11H12O3. The van der Waals surface area contributed by atoms with Crippen molar-refractivity contribution in [3.05, 3.63) is 36.8 Å². The van der Waals surface area contributed by atoms with Gasteiger partial charge in [-0.2, -0.15) is 0 Å². The van der Waals surface area contributed by atoms with Crippen LogP contribution in [0.25, 0.3) is 0 Å². The van der Waals surface area contributed by atoms with Gasteiger partial charge in [0.05, 0.1) is 19.8 Å². The zero-order valence-electron chi connectivity index (χ0n) is 7.97. The summed E-state index contributed by atoms with van der Waals surface area (Å²) in [6.07, 6.45) is -0.655. The van der Waals surface area contributed by atoms with Crippen molar-refractivity contribution in [1.29, 1.82) is 0 Å². The molecule has 0 N–H and O–H groups in total. The quantitative estimate of drug-likeness (QED) is 0.715. The Balaban J connectivity index is 2.09. The van der Waals surface area contributed by atoms with Crippen LogP contribution in [0.4, 0.5) is 0 Å². The SMILES string of the molecule is [CH]C1COC(c2ccc(OC)cc2)O1. The molecule has 0 bridgehead atoms. The molecule has 1 saturated heterocycles. The van der Waals surface area contributed by atoms with Crippen molar-refractivity contribution in [2.24, 2.45) is 0 Å². The van der Waals surface area contributed by atoms with E-state index in [2.05, 4.69) is 0 Å². The third-order valence-corrected chi connectivity index (χ3v) is 2.10. The smallest absolute Gasteiger partial charge is 0.184 e. The predicted octanol–water partition coefficient (Wildman–Crippen LogP) is 1.82. The zero-order chi connectivity index (χ0) is 9.97. The van der Waals surface area contributed by atoms with Crippen LogP contribution in [-0.2, 0) is 9.47 Å². The van der Waals surface area contributed by atoms with E-state index < -0.39 is 0 Å². The Kier molecular flexibility index (Phi) is 2.70. The Morgan fingerprint density at radius 3 is 2.57 bits per heavy atom. The lowest BCUT2D eigenvalue weighted by atomic mass is 10.2. The van der Waals surface area contributed by atoms with Gasteiger partial charge < -0.3 is 14.2 Å². The third-order valence-electron chi connectivity index (χ3n) is 2.10. The van der Waals surface area contributed by atoms with Gasteiger partial charge >= 0.3 is 0 Å². The average molecular weight is 192 g/mol. The van der Waals surface area contributed by atoms with Crippen molar-refractivity contribution >= 4 is 0 Å². The van der Waals surface area contributed by atoms with E-state index in [1.54, 1.807) is 7.11 Å². The molecule has 1 aliphatic heterocycles. The summed E-state index contributed by atoms with van der Waals surface area (Å²) in [4.78, 5) is 0. The monoisotopic (exact) mass is 192 g/mol. The highest BCUT2D eigenvalue weighted by Crippen LogP contribution is 2.27. The molecular weight excluding hydrogens is 180 g/mol. The minimum absolute atomic E-state index is 0.317. The maximum Gasteiger partial charge on any atom is 0.184 e. The van der Waals surface area contributed by atoms with E-state index in [4.69, 9.17) is 21.1 Å². The highest BCUT2D eigenvalue weighted by atomic mass is 16.7. The number of hydrogen-bond donors (Lipinski definition) is 0. The van der Waals surface area contributed by atoms with Crippen molar-refractivity contribution in [2.75, 3.05) is 13.7 Å². The third kappa shape index (κ3) is 1.89. The van der Waals surface area contributed by atoms with E-state index >= 15 is 0 Å². The first-order valence-electron chi connectivity index (χ1n) is 4.46. The molecule has 2 atom stereocenters.